The largest absolute Gasteiger partial charge is 0.382 e. The maximum Gasteiger partial charge on any atom is 0.148 e. The van der Waals surface area contributed by atoms with Crippen molar-refractivity contribution < 1.29 is 0 Å². The third kappa shape index (κ3) is 3.53. The normalized spacial score (nSPS) is 17.2. The molecule has 1 aromatic heterocycles. The van der Waals surface area contributed by atoms with Crippen LogP contribution in [0, 0.1) is 0 Å². The van der Waals surface area contributed by atoms with E-state index in [-0.39, 0.29) is 0 Å². The van der Waals surface area contributed by atoms with Crippen LogP contribution in [0.5, 0.6) is 0 Å². The molecule has 0 spiro atoms. The smallest absolute Gasteiger partial charge is 0.148 e. The zero-order valence-electron chi connectivity index (χ0n) is 9.22. The minimum absolute atomic E-state index is 0.457. The summed E-state index contributed by atoms with van der Waals surface area (Å²) in [6, 6.07) is 3.61. The summed E-state index contributed by atoms with van der Waals surface area (Å²) >= 11 is 2.03. The highest BCUT2D eigenvalue weighted by Crippen LogP contribution is 2.08. The number of rotatable bonds is 4. The Morgan fingerprint density at radius 2 is 2.12 bits per heavy atom. The molecule has 1 aliphatic heterocycles. The molecule has 0 saturated carbocycles. The Morgan fingerprint density at radius 1 is 1.31 bits per heavy atom. The molecule has 1 saturated heterocycles. The molecular weight excluding hydrogens is 222 g/mol. The van der Waals surface area contributed by atoms with Crippen molar-refractivity contribution in [1.82, 2.24) is 15.1 Å². The minimum Gasteiger partial charge on any atom is -0.382 e. The molecule has 0 aromatic carbocycles. The predicted molar refractivity (Wildman–Crippen MR) is 68.7 cm³/mol. The van der Waals surface area contributed by atoms with Gasteiger partial charge in [0.15, 0.2) is 0 Å². The van der Waals surface area contributed by atoms with E-state index in [0.717, 1.165) is 18.9 Å². The Hall–Kier alpha value is -1.01. The number of nitrogen functional groups attached to an aromatic ring is 1. The van der Waals surface area contributed by atoms with Crippen LogP contribution in [0.1, 0.15) is 0 Å². The summed E-state index contributed by atoms with van der Waals surface area (Å²) in [4.78, 5) is 2.47. The monoisotopic (exact) mass is 239 g/mol. The third-order valence-electron chi connectivity index (χ3n) is 2.52. The van der Waals surface area contributed by atoms with Crippen LogP contribution in [-0.4, -0.2) is 52.8 Å². The Morgan fingerprint density at radius 3 is 2.81 bits per heavy atom. The second-order valence-electron chi connectivity index (χ2n) is 3.72. The van der Waals surface area contributed by atoms with Crippen LogP contribution >= 0.6 is 11.8 Å². The summed E-state index contributed by atoms with van der Waals surface area (Å²) in [6.07, 6.45) is 0. The lowest BCUT2D eigenvalue weighted by Crippen LogP contribution is -2.36. The van der Waals surface area contributed by atoms with Gasteiger partial charge >= 0.3 is 0 Å². The molecule has 0 unspecified atom stereocenters. The van der Waals surface area contributed by atoms with Gasteiger partial charge in [-0.05, 0) is 12.1 Å². The molecule has 1 fully saturated rings. The van der Waals surface area contributed by atoms with Crippen LogP contribution in [0.25, 0.3) is 0 Å². The lowest BCUT2D eigenvalue weighted by atomic mass is 10.4. The van der Waals surface area contributed by atoms with Crippen LogP contribution in [0.15, 0.2) is 12.1 Å². The highest BCUT2D eigenvalue weighted by molar-refractivity contribution is 7.99. The topological polar surface area (TPSA) is 67.1 Å². The average molecular weight is 239 g/mol. The maximum absolute atomic E-state index is 5.46. The van der Waals surface area contributed by atoms with E-state index in [0.29, 0.717) is 5.82 Å². The average Bonchev–Trinajstić information content (AvgIpc) is 2.33. The number of aromatic nitrogens is 2. The molecule has 6 heteroatoms. The van der Waals surface area contributed by atoms with E-state index in [1.165, 1.54) is 24.6 Å². The van der Waals surface area contributed by atoms with Crippen LogP contribution in [0.4, 0.5) is 11.6 Å². The zero-order valence-corrected chi connectivity index (χ0v) is 10.0. The molecule has 0 radical (unpaired) electrons. The summed E-state index contributed by atoms with van der Waals surface area (Å²) in [5, 5.41) is 11.0. The van der Waals surface area contributed by atoms with Crippen LogP contribution in [-0.2, 0) is 0 Å². The lowest BCUT2D eigenvalue weighted by Gasteiger charge is -2.26. The number of hydrogen-bond donors (Lipinski definition) is 2. The van der Waals surface area contributed by atoms with Crippen molar-refractivity contribution in [1.29, 1.82) is 0 Å². The molecule has 0 amide bonds. The lowest BCUT2D eigenvalue weighted by molar-refractivity contribution is 0.314. The van der Waals surface area contributed by atoms with Crippen molar-refractivity contribution in [3.63, 3.8) is 0 Å². The predicted octanol–water partition coefficient (Wildman–Crippen LogP) is 0.519. The minimum atomic E-state index is 0.457. The van der Waals surface area contributed by atoms with Gasteiger partial charge in [0, 0.05) is 37.7 Å². The van der Waals surface area contributed by atoms with Crippen molar-refractivity contribution in [2.75, 3.05) is 48.7 Å². The van der Waals surface area contributed by atoms with E-state index in [1.807, 2.05) is 17.8 Å². The quantitative estimate of drug-likeness (QED) is 0.798. The van der Waals surface area contributed by atoms with Crippen molar-refractivity contribution in [2.45, 2.75) is 0 Å². The second kappa shape index (κ2) is 5.91. The van der Waals surface area contributed by atoms with Gasteiger partial charge in [-0.3, -0.25) is 4.90 Å². The molecule has 3 N–H and O–H groups in total. The molecule has 0 atom stereocenters. The van der Waals surface area contributed by atoms with Gasteiger partial charge in [-0.1, -0.05) is 0 Å². The van der Waals surface area contributed by atoms with Gasteiger partial charge < -0.3 is 11.1 Å². The van der Waals surface area contributed by atoms with E-state index in [2.05, 4.69) is 20.4 Å². The molecule has 5 nitrogen and oxygen atoms in total. The summed E-state index contributed by atoms with van der Waals surface area (Å²) in [6.45, 7) is 4.36. The number of thioether (sulfide) groups is 1. The van der Waals surface area contributed by atoms with Gasteiger partial charge in [0.2, 0.25) is 0 Å². The summed E-state index contributed by atoms with van der Waals surface area (Å²) in [5.74, 6) is 3.75. The summed E-state index contributed by atoms with van der Waals surface area (Å²) in [7, 11) is 0. The first-order chi connectivity index (χ1) is 7.84. The van der Waals surface area contributed by atoms with Gasteiger partial charge in [-0.2, -0.15) is 11.8 Å². The molecule has 1 aliphatic rings. The SMILES string of the molecule is Nc1ccc(NCCN2CCSCC2)nn1. The van der Waals surface area contributed by atoms with E-state index in [9.17, 15) is 0 Å². The van der Waals surface area contributed by atoms with Crippen LogP contribution < -0.4 is 11.1 Å². The number of nitrogens with one attached hydrogen (secondary N) is 1. The van der Waals surface area contributed by atoms with Crippen molar-refractivity contribution in [3.05, 3.63) is 12.1 Å². The zero-order chi connectivity index (χ0) is 11.2. The Kier molecular flexibility index (Phi) is 4.24. The first-order valence-corrected chi connectivity index (χ1v) is 6.63. The fraction of sp³-hybridized carbons (Fsp3) is 0.600. The Labute approximate surface area is 99.8 Å². The molecule has 1 aromatic rings. The summed E-state index contributed by atoms with van der Waals surface area (Å²) in [5.41, 5.74) is 5.46. The number of hydrogen-bond acceptors (Lipinski definition) is 6. The van der Waals surface area contributed by atoms with E-state index in [1.54, 1.807) is 6.07 Å². The molecule has 2 heterocycles. The van der Waals surface area contributed by atoms with Gasteiger partial charge in [0.05, 0.1) is 0 Å². The Balaban J connectivity index is 1.69. The van der Waals surface area contributed by atoms with Crippen molar-refractivity contribution in [3.8, 4) is 0 Å². The van der Waals surface area contributed by atoms with Gasteiger partial charge in [0.25, 0.3) is 0 Å². The first kappa shape index (κ1) is 11.5. The van der Waals surface area contributed by atoms with Crippen molar-refractivity contribution in [2.24, 2.45) is 0 Å². The second-order valence-corrected chi connectivity index (χ2v) is 4.95. The summed E-state index contributed by atoms with van der Waals surface area (Å²) < 4.78 is 0. The number of nitrogens with zero attached hydrogens (tertiary/aromatic N) is 3. The highest BCUT2D eigenvalue weighted by atomic mass is 32.2. The van der Waals surface area contributed by atoms with Gasteiger partial charge in [-0.15, -0.1) is 10.2 Å². The van der Waals surface area contributed by atoms with Gasteiger partial charge in [-0.25, -0.2) is 0 Å². The van der Waals surface area contributed by atoms with E-state index < -0.39 is 0 Å². The van der Waals surface area contributed by atoms with Crippen LogP contribution in [0.3, 0.4) is 0 Å². The van der Waals surface area contributed by atoms with E-state index in [4.69, 9.17) is 5.73 Å². The number of nitrogens with two attached hydrogens (primary N) is 1. The first-order valence-electron chi connectivity index (χ1n) is 5.48. The van der Waals surface area contributed by atoms with Gasteiger partial charge in [0.1, 0.15) is 11.6 Å². The molecule has 2 rings (SSSR count). The maximum atomic E-state index is 5.46. The van der Waals surface area contributed by atoms with Crippen LogP contribution in [0.2, 0.25) is 0 Å². The fourth-order valence-corrected chi connectivity index (χ4v) is 2.58. The molecule has 0 aliphatic carbocycles. The third-order valence-corrected chi connectivity index (χ3v) is 3.47. The highest BCUT2D eigenvalue weighted by Gasteiger charge is 2.09. The molecule has 88 valence electrons. The van der Waals surface area contributed by atoms with E-state index >= 15 is 0 Å². The Bertz CT molecular complexity index is 309. The standard InChI is InChI=1S/C10H17N5S/c11-9-1-2-10(14-13-9)12-3-4-15-5-7-16-8-6-15/h1-2H,3-8H2,(H2,11,13)(H,12,14). The number of anilines is 2. The fourth-order valence-electron chi connectivity index (χ4n) is 1.60. The molecular formula is C10H17N5S. The molecule has 16 heavy (non-hydrogen) atoms. The molecule has 0 bridgehead atoms. The van der Waals surface area contributed by atoms with Crippen molar-refractivity contribution >= 4 is 23.4 Å².